The van der Waals surface area contributed by atoms with Gasteiger partial charge in [0.25, 0.3) is 0 Å². The number of nitrogens with one attached hydrogen (secondary N) is 1. The van der Waals surface area contributed by atoms with Gasteiger partial charge in [0.05, 0.1) is 19.1 Å². The van der Waals surface area contributed by atoms with E-state index in [1.807, 2.05) is 58.0 Å². The van der Waals surface area contributed by atoms with E-state index in [4.69, 9.17) is 4.74 Å². The normalized spacial score (nSPS) is 12.5. The Morgan fingerprint density at radius 1 is 1.03 bits per heavy atom. The van der Waals surface area contributed by atoms with E-state index in [2.05, 4.69) is 5.32 Å². The Morgan fingerprint density at radius 3 is 2.09 bits per heavy atom. The van der Waals surface area contributed by atoms with Crippen LogP contribution in [0.2, 0.25) is 0 Å². The van der Waals surface area contributed by atoms with Crippen LogP contribution in [-0.4, -0.2) is 56.6 Å². The van der Waals surface area contributed by atoms with Crippen LogP contribution in [0.3, 0.4) is 0 Å². The van der Waals surface area contributed by atoms with Crippen LogP contribution >= 0.6 is 0 Å². The van der Waals surface area contributed by atoms with Crippen LogP contribution in [0, 0.1) is 0 Å². The van der Waals surface area contributed by atoms with Crippen molar-refractivity contribution in [3.63, 3.8) is 0 Å². The van der Waals surface area contributed by atoms with Crippen molar-refractivity contribution in [1.82, 2.24) is 10.2 Å². The number of hydrogen-bond acceptors (Lipinski definition) is 5. The fourth-order valence-electron chi connectivity index (χ4n) is 3.51. The van der Waals surface area contributed by atoms with Crippen molar-refractivity contribution in [1.29, 1.82) is 0 Å². The van der Waals surface area contributed by atoms with Crippen LogP contribution in [0.5, 0.6) is 5.75 Å². The van der Waals surface area contributed by atoms with Gasteiger partial charge in [0.2, 0.25) is 21.8 Å². The Bertz CT molecular complexity index is 1060. The fraction of sp³-hybridized carbons (Fsp3) is 0.440. The maximum Gasteiger partial charge on any atom is 0.244 e. The highest BCUT2D eigenvalue weighted by atomic mass is 32.2. The zero-order valence-electron chi connectivity index (χ0n) is 20.7. The zero-order valence-corrected chi connectivity index (χ0v) is 21.6. The largest absolute Gasteiger partial charge is 0.497 e. The molecule has 0 radical (unpaired) electrons. The average molecular weight is 490 g/mol. The van der Waals surface area contributed by atoms with Crippen LogP contribution in [0.1, 0.15) is 39.7 Å². The van der Waals surface area contributed by atoms with Crippen LogP contribution < -0.4 is 14.4 Å². The topological polar surface area (TPSA) is 96.0 Å². The maximum atomic E-state index is 13.6. The summed E-state index contributed by atoms with van der Waals surface area (Å²) in [6.45, 7) is 7.19. The Labute approximate surface area is 202 Å². The standard InChI is InChI=1S/C25H35N3O5S/c1-7-22(24(30)26-25(2,3)4)27(17-19-11-9-8-10-12-19)23(29)18-28(34(6,31)32)20-13-15-21(33-5)16-14-20/h8-16,22H,7,17-18H2,1-6H3,(H,26,30)/t22-/m0/s1. The quantitative estimate of drug-likeness (QED) is 0.553. The third-order valence-electron chi connectivity index (χ3n) is 5.12. The predicted molar refractivity (Wildman–Crippen MR) is 134 cm³/mol. The summed E-state index contributed by atoms with van der Waals surface area (Å²) in [6, 6.07) is 15.0. The van der Waals surface area contributed by atoms with Crippen molar-refractivity contribution in [2.45, 2.75) is 52.2 Å². The van der Waals surface area contributed by atoms with Crippen LogP contribution in [0.4, 0.5) is 5.69 Å². The van der Waals surface area contributed by atoms with Gasteiger partial charge in [-0.05, 0) is 57.0 Å². The molecule has 0 fully saturated rings. The molecule has 0 saturated heterocycles. The minimum absolute atomic E-state index is 0.177. The van der Waals surface area contributed by atoms with E-state index < -0.39 is 34.1 Å². The molecule has 1 N–H and O–H groups in total. The molecule has 0 aromatic heterocycles. The van der Waals surface area contributed by atoms with Gasteiger partial charge in [0, 0.05) is 12.1 Å². The second-order valence-corrected chi connectivity index (χ2v) is 11.0. The molecule has 0 spiro atoms. The minimum Gasteiger partial charge on any atom is -0.497 e. The summed E-state index contributed by atoms with van der Waals surface area (Å²) in [5, 5.41) is 2.94. The monoisotopic (exact) mass is 489 g/mol. The summed E-state index contributed by atoms with van der Waals surface area (Å²) < 4.78 is 31.4. The van der Waals surface area contributed by atoms with Crippen molar-refractivity contribution in [3.05, 3.63) is 60.2 Å². The number of hydrogen-bond donors (Lipinski definition) is 1. The Hall–Kier alpha value is -3.07. The third kappa shape index (κ3) is 7.76. The summed E-state index contributed by atoms with van der Waals surface area (Å²) in [5.41, 5.74) is 0.699. The van der Waals surface area contributed by atoms with Crippen LogP contribution in [0.25, 0.3) is 0 Å². The highest BCUT2D eigenvalue weighted by Crippen LogP contribution is 2.22. The van der Waals surface area contributed by atoms with Crippen molar-refractivity contribution in [2.75, 3.05) is 24.2 Å². The summed E-state index contributed by atoms with van der Waals surface area (Å²) >= 11 is 0. The number of benzene rings is 2. The average Bonchev–Trinajstić information content (AvgIpc) is 2.76. The number of anilines is 1. The fourth-order valence-corrected chi connectivity index (χ4v) is 4.36. The number of carbonyl (C=O) groups is 2. The number of nitrogens with zero attached hydrogens (tertiary/aromatic N) is 2. The lowest BCUT2D eigenvalue weighted by atomic mass is 10.1. The zero-order chi connectivity index (χ0) is 25.5. The van der Waals surface area contributed by atoms with Crippen molar-refractivity contribution in [2.24, 2.45) is 0 Å². The number of ether oxygens (including phenoxy) is 1. The van der Waals surface area contributed by atoms with Gasteiger partial charge in [-0.15, -0.1) is 0 Å². The van der Waals surface area contributed by atoms with Gasteiger partial charge in [-0.1, -0.05) is 37.3 Å². The lowest BCUT2D eigenvalue weighted by molar-refractivity contribution is -0.141. The first-order chi connectivity index (χ1) is 15.9. The molecule has 8 nitrogen and oxygen atoms in total. The van der Waals surface area contributed by atoms with E-state index in [1.54, 1.807) is 24.3 Å². The molecule has 0 unspecified atom stereocenters. The molecule has 2 rings (SSSR count). The van der Waals surface area contributed by atoms with Gasteiger partial charge in [-0.25, -0.2) is 8.42 Å². The lowest BCUT2D eigenvalue weighted by Crippen LogP contribution is -2.55. The lowest BCUT2D eigenvalue weighted by Gasteiger charge is -2.34. The smallest absolute Gasteiger partial charge is 0.244 e. The first kappa shape index (κ1) is 27.2. The predicted octanol–water partition coefficient (Wildman–Crippen LogP) is 3.18. The minimum atomic E-state index is -3.78. The molecule has 9 heteroatoms. The molecule has 34 heavy (non-hydrogen) atoms. The van der Waals surface area contributed by atoms with Crippen LogP contribution in [-0.2, 0) is 26.2 Å². The summed E-state index contributed by atoms with van der Waals surface area (Å²) in [5.74, 6) is -0.185. The molecule has 2 aromatic carbocycles. The van der Waals surface area contributed by atoms with Crippen molar-refractivity contribution >= 4 is 27.5 Å². The molecule has 2 aromatic rings. The summed E-state index contributed by atoms with van der Waals surface area (Å²) in [4.78, 5) is 28.1. The van der Waals surface area contributed by atoms with E-state index >= 15 is 0 Å². The van der Waals surface area contributed by atoms with Gasteiger partial charge in [0.15, 0.2) is 0 Å². The van der Waals surface area contributed by atoms with Gasteiger partial charge >= 0.3 is 0 Å². The van der Waals surface area contributed by atoms with Gasteiger partial charge < -0.3 is 15.0 Å². The van der Waals surface area contributed by atoms with Crippen molar-refractivity contribution < 1.29 is 22.7 Å². The van der Waals surface area contributed by atoms with Gasteiger partial charge in [-0.2, -0.15) is 0 Å². The molecular weight excluding hydrogens is 454 g/mol. The molecule has 186 valence electrons. The Morgan fingerprint density at radius 2 is 1.62 bits per heavy atom. The Balaban J connectivity index is 2.42. The second-order valence-electron chi connectivity index (χ2n) is 9.14. The maximum absolute atomic E-state index is 13.6. The molecule has 0 aliphatic heterocycles. The van der Waals surface area contributed by atoms with Gasteiger partial charge in [-0.3, -0.25) is 13.9 Å². The summed E-state index contributed by atoms with van der Waals surface area (Å²) in [6.07, 6.45) is 1.43. The molecule has 0 heterocycles. The first-order valence-electron chi connectivity index (χ1n) is 11.1. The molecule has 0 aliphatic carbocycles. The SMILES string of the molecule is CC[C@@H](C(=O)NC(C)(C)C)N(Cc1ccccc1)C(=O)CN(c1ccc(OC)cc1)S(C)(=O)=O. The van der Waals surface area contributed by atoms with E-state index in [9.17, 15) is 18.0 Å². The van der Waals surface area contributed by atoms with E-state index in [1.165, 1.54) is 12.0 Å². The molecule has 1 atom stereocenters. The van der Waals surface area contributed by atoms with E-state index in [0.29, 0.717) is 17.9 Å². The molecular formula is C25H35N3O5S. The Kier molecular flexibility index (Phi) is 9.09. The number of sulfonamides is 1. The second kappa shape index (κ2) is 11.4. The number of rotatable bonds is 10. The highest BCUT2D eigenvalue weighted by molar-refractivity contribution is 7.92. The third-order valence-corrected chi connectivity index (χ3v) is 6.26. The number of amides is 2. The molecule has 0 bridgehead atoms. The summed E-state index contributed by atoms with van der Waals surface area (Å²) in [7, 11) is -2.26. The molecule has 2 amide bonds. The number of methoxy groups -OCH3 is 1. The molecule has 0 aliphatic rings. The van der Waals surface area contributed by atoms with Crippen molar-refractivity contribution in [3.8, 4) is 5.75 Å². The first-order valence-corrected chi connectivity index (χ1v) is 13.0. The molecule has 0 saturated carbocycles. The highest BCUT2D eigenvalue weighted by Gasteiger charge is 2.33. The number of carbonyl (C=O) groups excluding carboxylic acids is 2. The van der Waals surface area contributed by atoms with Crippen LogP contribution in [0.15, 0.2) is 54.6 Å². The van der Waals surface area contributed by atoms with E-state index in [0.717, 1.165) is 16.1 Å². The van der Waals surface area contributed by atoms with E-state index in [-0.39, 0.29) is 12.5 Å². The van der Waals surface area contributed by atoms with Gasteiger partial charge in [0.1, 0.15) is 18.3 Å².